The third-order valence-electron chi connectivity index (χ3n) is 2.88. The maximum atomic E-state index is 11.6. The largest absolute Gasteiger partial charge is 0.492 e. The number of hydrogen-bond donors (Lipinski definition) is 2. The van der Waals surface area contributed by atoms with Crippen LogP contribution in [0.1, 0.15) is 19.8 Å². The second kappa shape index (κ2) is 6.40. The van der Waals surface area contributed by atoms with Gasteiger partial charge in [0.2, 0.25) is 5.91 Å². The van der Waals surface area contributed by atoms with Crippen molar-refractivity contribution in [3.8, 4) is 5.75 Å². The zero-order valence-corrected chi connectivity index (χ0v) is 10.7. The van der Waals surface area contributed by atoms with Crippen LogP contribution < -0.4 is 15.4 Å². The minimum absolute atomic E-state index is 0.0808. The van der Waals surface area contributed by atoms with Crippen molar-refractivity contribution < 1.29 is 9.53 Å². The topological polar surface area (TPSA) is 50.4 Å². The molecule has 1 aliphatic rings. The Kier molecular flexibility index (Phi) is 4.59. The summed E-state index contributed by atoms with van der Waals surface area (Å²) in [5.41, 5.74) is 0. The molecule has 1 atom stereocenters. The molecule has 0 aliphatic heterocycles. The van der Waals surface area contributed by atoms with E-state index in [2.05, 4.69) is 10.6 Å². The highest BCUT2D eigenvalue weighted by Crippen LogP contribution is 2.18. The number of ether oxygens (including phenoxy) is 1. The zero-order valence-electron chi connectivity index (χ0n) is 10.7. The molecule has 1 aromatic carbocycles. The number of carbonyl (C=O) groups excluding carboxylic acids is 1. The summed E-state index contributed by atoms with van der Waals surface area (Å²) in [6, 6.07) is 9.93. The molecule has 2 rings (SSSR count). The minimum atomic E-state index is -0.162. The Balaban J connectivity index is 1.58. The fourth-order valence-electron chi connectivity index (χ4n) is 1.61. The van der Waals surface area contributed by atoms with Crippen LogP contribution in [0.15, 0.2) is 30.3 Å². The summed E-state index contributed by atoms with van der Waals surface area (Å²) in [6.45, 7) is 3.10. The zero-order chi connectivity index (χ0) is 12.8. The lowest BCUT2D eigenvalue weighted by molar-refractivity contribution is -0.122. The van der Waals surface area contributed by atoms with Gasteiger partial charge in [-0.15, -0.1) is 0 Å². The first kappa shape index (κ1) is 12.9. The predicted molar refractivity (Wildman–Crippen MR) is 70.6 cm³/mol. The van der Waals surface area contributed by atoms with Gasteiger partial charge in [0.1, 0.15) is 12.4 Å². The van der Waals surface area contributed by atoms with Crippen LogP contribution in [0, 0.1) is 0 Å². The predicted octanol–water partition coefficient (Wildman–Crippen LogP) is 1.32. The Morgan fingerprint density at radius 1 is 1.39 bits per heavy atom. The summed E-state index contributed by atoms with van der Waals surface area (Å²) in [5.74, 6) is 0.937. The molecule has 1 aromatic rings. The lowest BCUT2D eigenvalue weighted by atomic mass is 10.3. The van der Waals surface area contributed by atoms with Crippen molar-refractivity contribution >= 4 is 5.91 Å². The quantitative estimate of drug-likeness (QED) is 0.716. The number of nitrogens with one attached hydrogen (secondary N) is 2. The van der Waals surface area contributed by atoms with Crippen LogP contribution in [0.3, 0.4) is 0 Å². The SMILES string of the molecule is CC(NCCOc1ccccc1)C(=O)NC1CC1. The summed E-state index contributed by atoms with van der Waals surface area (Å²) in [6.07, 6.45) is 2.24. The van der Waals surface area contributed by atoms with Crippen LogP contribution >= 0.6 is 0 Å². The van der Waals surface area contributed by atoms with Gasteiger partial charge >= 0.3 is 0 Å². The molecular formula is C14H20N2O2. The van der Waals surface area contributed by atoms with Gasteiger partial charge in [0.05, 0.1) is 6.04 Å². The number of benzene rings is 1. The maximum Gasteiger partial charge on any atom is 0.237 e. The van der Waals surface area contributed by atoms with Crippen LogP contribution in [-0.4, -0.2) is 31.1 Å². The van der Waals surface area contributed by atoms with E-state index in [1.807, 2.05) is 37.3 Å². The van der Waals surface area contributed by atoms with E-state index in [1.54, 1.807) is 0 Å². The standard InChI is InChI=1S/C14H20N2O2/c1-11(14(17)16-12-7-8-12)15-9-10-18-13-5-3-2-4-6-13/h2-6,11-12,15H,7-10H2,1H3,(H,16,17). The molecule has 0 spiro atoms. The van der Waals surface area contributed by atoms with Crippen molar-refractivity contribution in [3.05, 3.63) is 30.3 Å². The lowest BCUT2D eigenvalue weighted by Crippen LogP contribution is -2.44. The maximum absolute atomic E-state index is 11.6. The molecule has 4 heteroatoms. The highest BCUT2D eigenvalue weighted by molar-refractivity contribution is 5.81. The summed E-state index contributed by atoms with van der Waals surface area (Å²) < 4.78 is 5.54. The molecule has 4 nitrogen and oxygen atoms in total. The number of amides is 1. The van der Waals surface area contributed by atoms with Crippen molar-refractivity contribution in [2.45, 2.75) is 31.8 Å². The second-order valence-corrected chi connectivity index (χ2v) is 4.62. The molecule has 1 saturated carbocycles. The summed E-state index contributed by atoms with van der Waals surface area (Å²) in [7, 11) is 0. The van der Waals surface area contributed by atoms with Gasteiger partial charge in [-0.2, -0.15) is 0 Å². The van der Waals surface area contributed by atoms with E-state index in [0.717, 1.165) is 18.6 Å². The molecule has 98 valence electrons. The Hall–Kier alpha value is -1.55. The van der Waals surface area contributed by atoms with Gasteiger partial charge in [0.15, 0.2) is 0 Å². The monoisotopic (exact) mass is 248 g/mol. The van der Waals surface area contributed by atoms with Crippen molar-refractivity contribution in [1.29, 1.82) is 0 Å². The first-order chi connectivity index (χ1) is 8.75. The van der Waals surface area contributed by atoms with Gasteiger partial charge in [-0.25, -0.2) is 0 Å². The van der Waals surface area contributed by atoms with Gasteiger partial charge in [0.25, 0.3) is 0 Å². The van der Waals surface area contributed by atoms with Gasteiger partial charge in [-0.3, -0.25) is 4.79 Å². The molecule has 0 aromatic heterocycles. The Morgan fingerprint density at radius 3 is 2.78 bits per heavy atom. The van der Waals surface area contributed by atoms with Crippen molar-refractivity contribution in [2.75, 3.05) is 13.2 Å². The average molecular weight is 248 g/mol. The highest BCUT2D eigenvalue weighted by Gasteiger charge is 2.25. The smallest absolute Gasteiger partial charge is 0.237 e. The van der Waals surface area contributed by atoms with Crippen molar-refractivity contribution in [3.63, 3.8) is 0 Å². The molecule has 18 heavy (non-hydrogen) atoms. The molecule has 2 N–H and O–H groups in total. The first-order valence-corrected chi connectivity index (χ1v) is 6.47. The average Bonchev–Trinajstić information content (AvgIpc) is 3.19. The second-order valence-electron chi connectivity index (χ2n) is 4.62. The summed E-state index contributed by atoms with van der Waals surface area (Å²) >= 11 is 0. The molecule has 1 unspecified atom stereocenters. The third-order valence-corrected chi connectivity index (χ3v) is 2.88. The first-order valence-electron chi connectivity index (χ1n) is 6.47. The Labute approximate surface area is 108 Å². The molecular weight excluding hydrogens is 228 g/mol. The van der Waals surface area contributed by atoms with E-state index in [1.165, 1.54) is 0 Å². The lowest BCUT2D eigenvalue weighted by Gasteiger charge is -2.14. The molecule has 0 radical (unpaired) electrons. The number of hydrogen-bond acceptors (Lipinski definition) is 3. The van der Waals surface area contributed by atoms with Crippen LogP contribution in [-0.2, 0) is 4.79 Å². The fourth-order valence-corrected chi connectivity index (χ4v) is 1.61. The molecule has 1 amide bonds. The Bertz CT molecular complexity index is 377. The van der Waals surface area contributed by atoms with E-state index in [0.29, 0.717) is 19.2 Å². The Morgan fingerprint density at radius 2 is 2.11 bits per heavy atom. The normalized spacial score (nSPS) is 16.1. The molecule has 0 saturated heterocycles. The number of rotatable bonds is 7. The van der Waals surface area contributed by atoms with E-state index < -0.39 is 0 Å². The molecule has 0 bridgehead atoms. The van der Waals surface area contributed by atoms with E-state index in [-0.39, 0.29) is 11.9 Å². The van der Waals surface area contributed by atoms with E-state index >= 15 is 0 Å². The van der Waals surface area contributed by atoms with Crippen molar-refractivity contribution in [1.82, 2.24) is 10.6 Å². The molecule has 0 heterocycles. The molecule has 1 aliphatic carbocycles. The van der Waals surface area contributed by atoms with Gasteiger partial charge in [0, 0.05) is 12.6 Å². The van der Waals surface area contributed by atoms with Gasteiger partial charge in [-0.1, -0.05) is 18.2 Å². The van der Waals surface area contributed by atoms with Gasteiger partial charge in [-0.05, 0) is 31.9 Å². The summed E-state index contributed by atoms with van der Waals surface area (Å²) in [4.78, 5) is 11.6. The van der Waals surface area contributed by atoms with E-state index in [4.69, 9.17) is 4.74 Å². The van der Waals surface area contributed by atoms with E-state index in [9.17, 15) is 4.79 Å². The molecule has 1 fully saturated rings. The summed E-state index contributed by atoms with van der Waals surface area (Å²) in [5, 5.41) is 6.12. The third kappa shape index (κ3) is 4.37. The fraction of sp³-hybridized carbons (Fsp3) is 0.500. The minimum Gasteiger partial charge on any atom is -0.492 e. The van der Waals surface area contributed by atoms with Crippen LogP contribution in [0.2, 0.25) is 0 Å². The van der Waals surface area contributed by atoms with Gasteiger partial charge < -0.3 is 15.4 Å². The van der Waals surface area contributed by atoms with Crippen LogP contribution in [0.25, 0.3) is 0 Å². The van der Waals surface area contributed by atoms with Crippen LogP contribution in [0.5, 0.6) is 5.75 Å². The highest BCUT2D eigenvalue weighted by atomic mass is 16.5. The van der Waals surface area contributed by atoms with Crippen molar-refractivity contribution in [2.24, 2.45) is 0 Å². The number of carbonyl (C=O) groups is 1. The van der Waals surface area contributed by atoms with Crippen LogP contribution in [0.4, 0.5) is 0 Å². The number of para-hydroxylation sites is 1.